The summed E-state index contributed by atoms with van der Waals surface area (Å²) in [6.07, 6.45) is 0.864. The summed E-state index contributed by atoms with van der Waals surface area (Å²) >= 11 is 0. The number of hydrogen-bond donors (Lipinski definition) is 1. The second kappa shape index (κ2) is 2.99. The van der Waals surface area contributed by atoms with Crippen molar-refractivity contribution < 1.29 is 4.79 Å². The zero-order chi connectivity index (χ0) is 10.4. The topological polar surface area (TPSA) is 32.3 Å². The third kappa shape index (κ3) is 1.23. The molecule has 1 aromatic rings. The molecule has 78 valence electrons. The lowest BCUT2D eigenvalue weighted by Gasteiger charge is -2.31. The lowest BCUT2D eigenvalue weighted by Crippen LogP contribution is -2.53. The number of benzene rings is 1. The third-order valence-corrected chi connectivity index (χ3v) is 3.29. The minimum Gasteiger partial charge on any atom is -0.357 e. The van der Waals surface area contributed by atoms with Crippen molar-refractivity contribution >= 4 is 11.6 Å². The Balaban J connectivity index is 2.04. The van der Waals surface area contributed by atoms with Crippen molar-refractivity contribution in [2.75, 3.05) is 18.0 Å². The van der Waals surface area contributed by atoms with Crippen molar-refractivity contribution in [3.05, 3.63) is 29.3 Å². The normalized spacial score (nSPS) is 23.4. The van der Waals surface area contributed by atoms with Gasteiger partial charge in [0.15, 0.2) is 0 Å². The Bertz CT molecular complexity index is 428. The minimum absolute atomic E-state index is 0.0375. The predicted octanol–water partition coefficient (Wildman–Crippen LogP) is 0.856. The van der Waals surface area contributed by atoms with Crippen LogP contribution in [0.4, 0.5) is 5.69 Å². The van der Waals surface area contributed by atoms with E-state index in [2.05, 4.69) is 35.3 Å². The van der Waals surface area contributed by atoms with Crippen LogP contribution >= 0.6 is 0 Å². The van der Waals surface area contributed by atoms with E-state index in [4.69, 9.17) is 0 Å². The van der Waals surface area contributed by atoms with Crippen LogP contribution < -0.4 is 10.2 Å². The number of amides is 1. The summed E-state index contributed by atoms with van der Waals surface area (Å²) in [6.45, 7) is 3.80. The molecule has 0 bridgehead atoms. The molecule has 0 aliphatic carbocycles. The summed E-state index contributed by atoms with van der Waals surface area (Å²) in [5.74, 6) is 0.176. The van der Waals surface area contributed by atoms with Gasteiger partial charge in [-0.05, 0) is 18.6 Å². The summed E-state index contributed by atoms with van der Waals surface area (Å²) in [6, 6.07) is 6.49. The third-order valence-electron chi connectivity index (χ3n) is 3.29. The number of rotatable bonds is 0. The van der Waals surface area contributed by atoms with E-state index in [1.54, 1.807) is 0 Å². The number of fused-ring (bicyclic) bond motifs is 3. The van der Waals surface area contributed by atoms with Gasteiger partial charge in [0, 0.05) is 25.2 Å². The maximum atomic E-state index is 11.7. The van der Waals surface area contributed by atoms with E-state index in [0.717, 1.165) is 19.5 Å². The largest absolute Gasteiger partial charge is 0.357 e. The molecule has 1 N–H and O–H groups in total. The van der Waals surface area contributed by atoms with Crippen molar-refractivity contribution in [1.29, 1.82) is 0 Å². The first kappa shape index (κ1) is 8.77. The molecule has 3 nitrogen and oxygen atoms in total. The molecule has 3 heteroatoms. The average molecular weight is 202 g/mol. The maximum Gasteiger partial charge on any atom is 0.243 e. The van der Waals surface area contributed by atoms with Gasteiger partial charge in [0.05, 0.1) is 0 Å². The number of piperazine rings is 1. The minimum atomic E-state index is 0.0375. The van der Waals surface area contributed by atoms with Gasteiger partial charge in [-0.25, -0.2) is 0 Å². The van der Waals surface area contributed by atoms with E-state index in [0.29, 0.717) is 0 Å². The maximum absolute atomic E-state index is 11.7. The SMILES string of the molecule is Cc1ccc2c(c1)CC1C(=O)NCCN21. The number of hydrogen-bond acceptors (Lipinski definition) is 2. The molecule has 3 rings (SSSR count). The predicted molar refractivity (Wildman–Crippen MR) is 59.0 cm³/mol. The summed E-state index contributed by atoms with van der Waals surface area (Å²) < 4.78 is 0. The molecular weight excluding hydrogens is 188 g/mol. The number of nitrogens with zero attached hydrogens (tertiary/aromatic N) is 1. The first-order valence-corrected chi connectivity index (χ1v) is 5.39. The van der Waals surface area contributed by atoms with Gasteiger partial charge < -0.3 is 10.2 Å². The van der Waals surface area contributed by atoms with E-state index >= 15 is 0 Å². The van der Waals surface area contributed by atoms with Crippen LogP contribution in [0, 0.1) is 6.92 Å². The molecule has 1 saturated heterocycles. The van der Waals surface area contributed by atoms with Crippen molar-refractivity contribution in [2.45, 2.75) is 19.4 Å². The van der Waals surface area contributed by atoms with Crippen LogP contribution in [-0.2, 0) is 11.2 Å². The standard InChI is InChI=1S/C12H14N2O/c1-8-2-3-10-9(6-8)7-11-12(15)13-4-5-14(10)11/h2-3,6,11H,4-5,7H2,1H3,(H,13,15). The highest BCUT2D eigenvalue weighted by molar-refractivity contribution is 5.89. The first-order chi connectivity index (χ1) is 7.25. The molecular formula is C12H14N2O. The molecule has 2 aliphatic rings. The van der Waals surface area contributed by atoms with Crippen molar-refractivity contribution in [3.8, 4) is 0 Å². The van der Waals surface area contributed by atoms with Crippen LogP contribution in [0.1, 0.15) is 11.1 Å². The Morgan fingerprint density at radius 1 is 1.47 bits per heavy atom. The monoisotopic (exact) mass is 202 g/mol. The lowest BCUT2D eigenvalue weighted by atomic mass is 10.1. The molecule has 15 heavy (non-hydrogen) atoms. The van der Waals surface area contributed by atoms with Crippen LogP contribution in [-0.4, -0.2) is 25.0 Å². The summed E-state index contributed by atoms with van der Waals surface area (Å²) in [4.78, 5) is 13.9. The van der Waals surface area contributed by atoms with Crippen LogP contribution in [0.2, 0.25) is 0 Å². The van der Waals surface area contributed by atoms with Crippen molar-refractivity contribution in [2.24, 2.45) is 0 Å². The molecule has 0 spiro atoms. The second-order valence-corrected chi connectivity index (χ2v) is 4.34. The highest BCUT2D eigenvalue weighted by Gasteiger charge is 2.36. The Morgan fingerprint density at radius 3 is 3.20 bits per heavy atom. The Morgan fingerprint density at radius 2 is 2.33 bits per heavy atom. The van der Waals surface area contributed by atoms with Crippen LogP contribution in [0.25, 0.3) is 0 Å². The quantitative estimate of drug-likeness (QED) is 0.676. The molecule has 0 radical (unpaired) electrons. The highest BCUT2D eigenvalue weighted by atomic mass is 16.2. The smallest absolute Gasteiger partial charge is 0.243 e. The Kier molecular flexibility index (Phi) is 1.75. The molecule has 2 heterocycles. The number of anilines is 1. The van der Waals surface area contributed by atoms with Gasteiger partial charge in [0.25, 0.3) is 0 Å². The number of carbonyl (C=O) groups is 1. The van der Waals surface area contributed by atoms with Crippen LogP contribution in [0.15, 0.2) is 18.2 Å². The van der Waals surface area contributed by atoms with Gasteiger partial charge >= 0.3 is 0 Å². The van der Waals surface area contributed by atoms with Gasteiger partial charge in [-0.3, -0.25) is 4.79 Å². The van der Waals surface area contributed by atoms with Gasteiger partial charge in [0.1, 0.15) is 6.04 Å². The van der Waals surface area contributed by atoms with Crippen LogP contribution in [0.5, 0.6) is 0 Å². The molecule has 0 saturated carbocycles. The Hall–Kier alpha value is -1.51. The van der Waals surface area contributed by atoms with Crippen molar-refractivity contribution in [3.63, 3.8) is 0 Å². The summed E-state index contributed by atoms with van der Waals surface area (Å²) in [5, 5.41) is 2.92. The highest BCUT2D eigenvalue weighted by Crippen LogP contribution is 2.33. The van der Waals surface area contributed by atoms with E-state index in [1.807, 2.05) is 0 Å². The number of aryl methyl sites for hydroxylation is 1. The molecule has 1 amide bonds. The molecule has 1 unspecified atom stereocenters. The molecule has 2 aliphatic heterocycles. The molecule has 1 fully saturated rings. The average Bonchev–Trinajstić information content (AvgIpc) is 2.57. The van der Waals surface area contributed by atoms with Crippen LogP contribution in [0.3, 0.4) is 0 Å². The summed E-state index contributed by atoms with van der Waals surface area (Å²) in [7, 11) is 0. The Labute approximate surface area is 89.1 Å². The fourth-order valence-electron chi connectivity index (χ4n) is 2.57. The van der Waals surface area contributed by atoms with E-state index in [1.165, 1.54) is 16.8 Å². The molecule has 1 aromatic carbocycles. The van der Waals surface area contributed by atoms with Gasteiger partial charge in [-0.1, -0.05) is 17.7 Å². The summed E-state index contributed by atoms with van der Waals surface area (Å²) in [5.41, 5.74) is 3.84. The molecule has 1 atom stereocenters. The van der Waals surface area contributed by atoms with Gasteiger partial charge in [-0.2, -0.15) is 0 Å². The zero-order valence-electron chi connectivity index (χ0n) is 8.79. The van der Waals surface area contributed by atoms with E-state index in [-0.39, 0.29) is 11.9 Å². The fourth-order valence-corrected chi connectivity index (χ4v) is 2.57. The fraction of sp³-hybridized carbons (Fsp3) is 0.417. The van der Waals surface area contributed by atoms with Gasteiger partial charge in [0.2, 0.25) is 5.91 Å². The van der Waals surface area contributed by atoms with Gasteiger partial charge in [-0.15, -0.1) is 0 Å². The second-order valence-electron chi connectivity index (χ2n) is 4.34. The first-order valence-electron chi connectivity index (χ1n) is 5.39. The number of nitrogens with one attached hydrogen (secondary N) is 1. The lowest BCUT2D eigenvalue weighted by molar-refractivity contribution is -0.123. The van der Waals surface area contributed by atoms with E-state index < -0.39 is 0 Å². The van der Waals surface area contributed by atoms with Crippen molar-refractivity contribution in [1.82, 2.24) is 5.32 Å². The van der Waals surface area contributed by atoms with E-state index in [9.17, 15) is 4.79 Å². The molecule has 0 aromatic heterocycles. The zero-order valence-corrected chi connectivity index (χ0v) is 8.79. The number of carbonyl (C=O) groups excluding carboxylic acids is 1.